The summed E-state index contributed by atoms with van der Waals surface area (Å²) in [6, 6.07) is 1.81. The zero-order chi connectivity index (χ0) is 12.6. The van der Waals surface area contributed by atoms with Crippen LogP contribution in [0.3, 0.4) is 0 Å². The van der Waals surface area contributed by atoms with Crippen LogP contribution in [0.2, 0.25) is 0 Å². The van der Waals surface area contributed by atoms with E-state index in [1.54, 1.807) is 6.07 Å². The zero-order valence-corrected chi connectivity index (χ0v) is 10.3. The summed E-state index contributed by atoms with van der Waals surface area (Å²) < 4.78 is 1.94. The van der Waals surface area contributed by atoms with E-state index in [0.29, 0.717) is 12.1 Å². The maximum atomic E-state index is 11.3. The molecule has 0 aliphatic heterocycles. The van der Waals surface area contributed by atoms with Gasteiger partial charge >= 0.3 is 0 Å². The third kappa shape index (κ3) is 4.79. The molecule has 1 aromatic heterocycles. The molecule has 0 aromatic carbocycles. The second-order valence-corrected chi connectivity index (χ2v) is 4.48. The highest BCUT2D eigenvalue weighted by Crippen LogP contribution is 2.11. The van der Waals surface area contributed by atoms with E-state index in [9.17, 15) is 4.79 Å². The second-order valence-electron chi connectivity index (χ2n) is 2.86. The summed E-state index contributed by atoms with van der Waals surface area (Å²) in [5.74, 6) is 3.86. The van der Waals surface area contributed by atoms with Gasteiger partial charge in [-0.1, -0.05) is 5.87 Å². The number of carbonyl (C=O) groups excluding carboxylic acids is 2. The fraction of sp³-hybridized carbons (Fsp3) is 0.300. The van der Waals surface area contributed by atoms with Crippen LogP contribution in [0.4, 0.5) is 0 Å². The lowest BCUT2D eigenvalue weighted by molar-refractivity contribution is -0.106. The van der Waals surface area contributed by atoms with E-state index in [0.717, 1.165) is 0 Å². The molecule has 5 nitrogen and oxygen atoms in total. The minimum atomic E-state index is -0.0919. The van der Waals surface area contributed by atoms with Gasteiger partial charge in [0.05, 0.1) is 5.56 Å². The third-order valence-electron chi connectivity index (χ3n) is 1.63. The molecule has 1 unspecified atom stereocenters. The highest BCUT2D eigenvalue weighted by molar-refractivity contribution is 8.12. The van der Waals surface area contributed by atoms with Gasteiger partial charge in [-0.2, -0.15) is 0 Å². The second kappa shape index (κ2) is 7.70. The van der Waals surface area contributed by atoms with Gasteiger partial charge in [0, 0.05) is 18.9 Å². The van der Waals surface area contributed by atoms with E-state index >= 15 is 0 Å². The summed E-state index contributed by atoms with van der Waals surface area (Å²) in [5.41, 5.74) is 4.87. The quantitative estimate of drug-likeness (QED) is 0.596. The Morgan fingerprint density at radius 1 is 1.75 bits per heavy atom. The number of rotatable bonds is 3. The number of nitrogens with two attached hydrogens (primary N) is 1. The maximum absolute atomic E-state index is 11.3. The standard InChI is InChI=1S/C9H14N2OS.CH3NO/c1-4-10-9(12)8-5-6-11(7-8)13(2)3;2-1-3/h5-7H,2,4H2,1,3H3,(H,10,12);1H,(H2,2,3). The van der Waals surface area contributed by atoms with Crippen LogP contribution in [0.15, 0.2) is 18.5 Å². The van der Waals surface area contributed by atoms with Crippen molar-refractivity contribution in [3.05, 3.63) is 24.0 Å². The zero-order valence-electron chi connectivity index (χ0n) is 9.47. The van der Waals surface area contributed by atoms with Gasteiger partial charge in [0.1, 0.15) is 0 Å². The Bertz CT molecular complexity index is 374. The van der Waals surface area contributed by atoms with Crippen LogP contribution in [0.5, 0.6) is 0 Å². The van der Waals surface area contributed by atoms with Crippen molar-refractivity contribution in [2.75, 3.05) is 12.8 Å². The molecular formula is C10H17N3O2S. The maximum Gasteiger partial charge on any atom is 0.252 e. The lowest BCUT2D eigenvalue weighted by Gasteiger charge is -2.00. The minimum absolute atomic E-state index is 0.0216. The molecule has 2 amide bonds. The van der Waals surface area contributed by atoms with Gasteiger partial charge in [-0.15, -0.1) is 10.7 Å². The van der Waals surface area contributed by atoms with E-state index in [2.05, 4.69) is 16.9 Å². The Kier molecular flexibility index (Phi) is 6.95. The van der Waals surface area contributed by atoms with E-state index < -0.39 is 0 Å². The molecular weight excluding hydrogens is 226 g/mol. The normalized spacial score (nSPS) is 10.9. The van der Waals surface area contributed by atoms with Gasteiger partial charge < -0.3 is 15.0 Å². The first-order chi connectivity index (χ1) is 7.56. The molecule has 3 N–H and O–H groups in total. The molecule has 0 spiro atoms. The van der Waals surface area contributed by atoms with Crippen molar-refractivity contribution in [2.24, 2.45) is 5.73 Å². The number of hydrogen-bond donors (Lipinski definition) is 2. The predicted molar refractivity (Wildman–Crippen MR) is 68.7 cm³/mol. The molecule has 0 aliphatic rings. The molecule has 90 valence electrons. The molecule has 0 saturated carbocycles. The van der Waals surface area contributed by atoms with Crippen molar-refractivity contribution in [3.8, 4) is 0 Å². The molecule has 6 heteroatoms. The number of amides is 2. The Morgan fingerprint density at radius 3 is 2.69 bits per heavy atom. The number of hydrogen-bond acceptors (Lipinski definition) is 2. The molecule has 16 heavy (non-hydrogen) atoms. The smallest absolute Gasteiger partial charge is 0.252 e. The first-order valence-corrected chi connectivity index (χ1v) is 6.40. The van der Waals surface area contributed by atoms with Crippen molar-refractivity contribution in [2.45, 2.75) is 6.92 Å². The molecule has 0 fully saturated rings. The summed E-state index contributed by atoms with van der Waals surface area (Å²) in [6.45, 7) is 2.56. The molecule has 0 aliphatic carbocycles. The van der Waals surface area contributed by atoms with Gasteiger partial charge in [-0.3, -0.25) is 9.59 Å². The first kappa shape index (κ1) is 14.4. The SMILES string of the molecule is C=S(C)n1ccc(C(=O)NCC)c1.NC=O. The monoisotopic (exact) mass is 243 g/mol. The van der Waals surface area contributed by atoms with E-state index in [1.165, 1.54) is 0 Å². The van der Waals surface area contributed by atoms with Crippen molar-refractivity contribution in [1.82, 2.24) is 9.29 Å². The fourth-order valence-corrected chi connectivity index (χ4v) is 1.53. The van der Waals surface area contributed by atoms with Crippen LogP contribution in [0.1, 0.15) is 17.3 Å². The summed E-state index contributed by atoms with van der Waals surface area (Å²) >= 11 is 0. The molecule has 1 heterocycles. The van der Waals surface area contributed by atoms with Crippen LogP contribution in [0, 0.1) is 0 Å². The number of carbonyl (C=O) groups is 2. The third-order valence-corrected chi connectivity index (χ3v) is 2.57. The van der Waals surface area contributed by atoms with Crippen LogP contribution >= 0.6 is 10.7 Å². The average molecular weight is 243 g/mol. The Hall–Kier alpha value is -1.56. The van der Waals surface area contributed by atoms with Crippen LogP contribution in [0.25, 0.3) is 0 Å². The molecule has 1 atom stereocenters. The van der Waals surface area contributed by atoms with Crippen LogP contribution in [-0.4, -0.2) is 35.0 Å². The molecule has 0 bridgehead atoms. The highest BCUT2D eigenvalue weighted by Gasteiger charge is 2.04. The van der Waals surface area contributed by atoms with Gasteiger partial charge in [0.25, 0.3) is 5.91 Å². The minimum Gasteiger partial charge on any atom is -0.372 e. The summed E-state index contributed by atoms with van der Waals surface area (Å²) in [7, 11) is -0.0919. The number of nitrogens with zero attached hydrogens (tertiary/aromatic N) is 1. The first-order valence-electron chi connectivity index (χ1n) is 4.64. The Morgan fingerprint density at radius 2 is 2.31 bits per heavy atom. The summed E-state index contributed by atoms with van der Waals surface area (Å²) in [6.07, 6.45) is 5.95. The largest absolute Gasteiger partial charge is 0.372 e. The topological polar surface area (TPSA) is 77.1 Å². The number of primary amides is 1. The van der Waals surface area contributed by atoms with Crippen LogP contribution < -0.4 is 11.1 Å². The molecule has 0 radical (unpaired) electrons. The lowest BCUT2D eigenvalue weighted by atomic mass is 10.3. The Balaban J connectivity index is 0.000000673. The van der Waals surface area contributed by atoms with Crippen LogP contribution in [-0.2, 0) is 4.79 Å². The van der Waals surface area contributed by atoms with Gasteiger partial charge in [-0.05, 0) is 19.2 Å². The predicted octanol–water partition coefficient (Wildman–Crippen LogP) is 0.433. The summed E-state index contributed by atoms with van der Waals surface area (Å²) in [4.78, 5) is 19.9. The van der Waals surface area contributed by atoms with E-state index in [-0.39, 0.29) is 23.0 Å². The van der Waals surface area contributed by atoms with Gasteiger partial charge in [-0.25, -0.2) is 0 Å². The lowest BCUT2D eigenvalue weighted by Crippen LogP contribution is -2.21. The molecule has 1 rings (SSSR count). The summed E-state index contributed by atoms with van der Waals surface area (Å²) in [5, 5.41) is 2.74. The molecule has 0 saturated heterocycles. The van der Waals surface area contributed by atoms with Crippen molar-refractivity contribution >= 4 is 28.9 Å². The Labute approximate surface area is 97.7 Å². The number of nitrogens with one attached hydrogen (secondary N) is 1. The number of aromatic nitrogens is 1. The van der Waals surface area contributed by atoms with Gasteiger partial charge in [0.2, 0.25) is 6.41 Å². The fourth-order valence-electron chi connectivity index (χ4n) is 0.968. The van der Waals surface area contributed by atoms with Crippen molar-refractivity contribution < 1.29 is 9.59 Å². The average Bonchev–Trinajstić information content (AvgIpc) is 2.68. The molecule has 1 aromatic rings. The van der Waals surface area contributed by atoms with E-state index in [1.807, 2.05) is 29.5 Å². The van der Waals surface area contributed by atoms with Crippen molar-refractivity contribution in [3.63, 3.8) is 0 Å². The van der Waals surface area contributed by atoms with Crippen molar-refractivity contribution in [1.29, 1.82) is 0 Å². The highest BCUT2D eigenvalue weighted by atomic mass is 32.2. The van der Waals surface area contributed by atoms with Gasteiger partial charge in [0.15, 0.2) is 0 Å². The van der Waals surface area contributed by atoms with E-state index in [4.69, 9.17) is 4.79 Å².